The van der Waals surface area contributed by atoms with Gasteiger partial charge in [0.05, 0.1) is 6.61 Å². The molecule has 0 aliphatic carbocycles. The molecule has 9 heteroatoms. The van der Waals surface area contributed by atoms with Crippen LogP contribution < -0.4 is 11.4 Å². The van der Waals surface area contributed by atoms with E-state index in [0.717, 1.165) is 0 Å². The predicted molar refractivity (Wildman–Crippen MR) is 65.5 cm³/mol. The van der Waals surface area contributed by atoms with Crippen molar-refractivity contribution in [3.8, 4) is 0 Å². The van der Waals surface area contributed by atoms with Crippen LogP contribution in [-0.4, -0.2) is 50.3 Å². The topological polar surface area (TPSA) is 122 Å². The highest BCUT2D eigenvalue weighted by molar-refractivity contribution is 5.10. The van der Waals surface area contributed by atoms with Crippen LogP contribution in [0.25, 0.3) is 0 Å². The van der Waals surface area contributed by atoms with Crippen molar-refractivity contribution < 1.29 is 19.3 Å². The van der Waals surface area contributed by atoms with Gasteiger partial charge in [0.15, 0.2) is 12.0 Å². The van der Waals surface area contributed by atoms with Gasteiger partial charge in [-0.15, -0.1) is 0 Å². The molecule has 3 N–H and O–H groups in total. The molecule has 1 aromatic heterocycles. The van der Waals surface area contributed by atoms with Crippen molar-refractivity contribution in [2.75, 3.05) is 12.3 Å². The fourth-order valence-corrected chi connectivity index (χ4v) is 2.56. The van der Waals surface area contributed by atoms with Gasteiger partial charge in [0.25, 0.3) is 0 Å². The van der Waals surface area contributed by atoms with Crippen molar-refractivity contribution >= 4 is 5.95 Å². The number of hydrogen-bond acceptors (Lipinski definition) is 8. The number of aliphatic hydroxyl groups excluding tert-OH is 1. The number of anilines is 1. The lowest BCUT2D eigenvalue weighted by Crippen LogP contribution is -2.35. The molecule has 20 heavy (non-hydrogen) atoms. The predicted octanol–water partition coefficient (Wildman–Crippen LogP) is -1.37. The molecule has 0 saturated carbocycles. The molecule has 3 rings (SSSR count). The number of nitrogens with two attached hydrogens (primary N) is 1. The van der Waals surface area contributed by atoms with Gasteiger partial charge in [0, 0.05) is 0 Å². The minimum absolute atomic E-state index is 0.108. The number of fused-ring (bicyclic) bond motifs is 1. The average molecular weight is 284 g/mol. The minimum atomic E-state index is -0.803. The second kappa shape index (κ2) is 4.48. The Labute approximate surface area is 114 Å². The first-order valence-electron chi connectivity index (χ1n) is 6.24. The lowest BCUT2D eigenvalue weighted by Gasteiger charge is -2.24. The lowest BCUT2D eigenvalue weighted by atomic mass is 10.1. The van der Waals surface area contributed by atoms with E-state index in [1.807, 2.05) is 0 Å². The third-order valence-electron chi connectivity index (χ3n) is 3.32. The maximum absolute atomic E-state index is 11.9. The van der Waals surface area contributed by atoms with Gasteiger partial charge in [-0.3, -0.25) is 4.57 Å². The zero-order chi connectivity index (χ0) is 14.5. The van der Waals surface area contributed by atoms with Crippen LogP contribution in [0, 0.1) is 0 Å². The first kappa shape index (κ1) is 13.4. The summed E-state index contributed by atoms with van der Waals surface area (Å²) in [6, 6.07) is 0. The molecule has 0 spiro atoms. The Hall–Kier alpha value is -1.55. The van der Waals surface area contributed by atoms with Gasteiger partial charge in [-0.1, -0.05) is 0 Å². The molecule has 0 unspecified atom stereocenters. The number of rotatable bonds is 2. The molecule has 0 radical (unpaired) electrons. The molecule has 3 heterocycles. The van der Waals surface area contributed by atoms with Gasteiger partial charge in [-0.25, -0.2) is 9.78 Å². The quantitative estimate of drug-likeness (QED) is 0.682. The van der Waals surface area contributed by atoms with Crippen LogP contribution in [-0.2, 0) is 14.2 Å². The molecule has 9 nitrogen and oxygen atoms in total. The largest absolute Gasteiger partial charge is 0.394 e. The van der Waals surface area contributed by atoms with E-state index in [-0.39, 0.29) is 12.6 Å². The molecule has 2 aliphatic heterocycles. The standard InChI is InChI=1S/C11H16N4O5/c1-11(2)19-6-5(3-16)18-8(7(6)20-11)15-4-13-9(12)14-10(15)17/h4-8,16H,3H2,1-2H3,(H2,12,14,17)/t5-,6-,7-,8+/m1/s1. The Balaban J connectivity index is 1.96. The first-order chi connectivity index (χ1) is 9.41. The number of ether oxygens (including phenoxy) is 3. The van der Waals surface area contributed by atoms with Crippen LogP contribution in [0.2, 0.25) is 0 Å². The van der Waals surface area contributed by atoms with Crippen LogP contribution in [0.15, 0.2) is 11.1 Å². The molecule has 0 bridgehead atoms. The highest BCUT2D eigenvalue weighted by Gasteiger charge is 2.55. The summed E-state index contributed by atoms with van der Waals surface area (Å²) < 4.78 is 18.3. The lowest BCUT2D eigenvalue weighted by molar-refractivity contribution is -0.200. The van der Waals surface area contributed by atoms with E-state index in [1.165, 1.54) is 10.9 Å². The first-order valence-corrected chi connectivity index (χ1v) is 6.24. The van der Waals surface area contributed by atoms with E-state index < -0.39 is 36.0 Å². The second-order valence-electron chi connectivity index (χ2n) is 5.22. The molecule has 2 aliphatic rings. The normalized spacial score (nSPS) is 35.1. The van der Waals surface area contributed by atoms with Crippen molar-refractivity contribution in [2.45, 2.75) is 44.2 Å². The monoisotopic (exact) mass is 284 g/mol. The average Bonchev–Trinajstić information content (AvgIpc) is 2.83. The third-order valence-corrected chi connectivity index (χ3v) is 3.32. The Morgan fingerprint density at radius 1 is 1.45 bits per heavy atom. The molecular formula is C11H16N4O5. The Kier molecular flexibility index (Phi) is 3.01. The van der Waals surface area contributed by atoms with Gasteiger partial charge in [-0.2, -0.15) is 4.98 Å². The van der Waals surface area contributed by atoms with Gasteiger partial charge >= 0.3 is 5.69 Å². The van der Waals surface area contributed by atoms with Crippen molar-refractivity contribution in [1.82, 2.24) is 14.5 Å². The molecule has 1 aromatic rings. The second-order valence-corrected chi connectivity index (χ2v) is 5.22. The molecule has 110 valence electrons. The number of nitrogens with zero attached hydrogens (tertiary/aromatic N) is 3. The van der Waals surface area contributed by atoms with E-state index in [9.17, 15) is 9.90 Å². The van der Waals surface area contributed by atoms with Crippen LogP contribution in [0.3, 0.4) is 0 Å². The summed E-state index contributed by atoms with van der Waals surface area (Å²) in [6.45, 7) is 3.29. The summed E-state index contributed by atoms with van der Waals surface area (Å²) >= 11 is 0. The zero-order valence-electron chi connectivity index (χ0n) is 11.1. The maximum Gasteiger partial charge on any atom is 0.354 e. The van der Waals surface area contributed by atoms with Crippen LogP contribution in [0.1, 0.15) is 20.1 Å². The van der Waals surface area contributed by atoms with E-state index in [0.29, 0.717) is 0 Å². The highest BCUT2D eigenvalue weighted by atomic mass is 16.8. The third kappa shape index (κ3) is 2.08. The van der Waals surface area contributed by atoms with Crippen molar-refractivity contribution in [2.24, 2.45) is 0 Å². The van der Waals surface area contributed by atoms with Crippen LogP contribution in [0.5, 0.6) is 0 Å². The summed E-state index contributed by atoms with van der Waals surface area (Å²) in [7, 11) is 0. The number of aromatic nitrogens is 3. The summed E-state index contributed by atoms with van der Waals surface area (Å²) in [5.41, 5.74) is 4.77. The molecule has 4 atom stereocenters. The Morgan fingerprint density at radius 3 is 2.80 bits per heavy atom. The number of nitrogen functional groups attached to an aromatic ring is 1. The SMILES string of the molecule is CC1(C)O[C@@H]2[C@H](O1)[C@@H](CO)O[C@@H]2n1cnc(N)nc1=O. The van der Waals surface area contributed by atoms with Crippen molar-refractivity contribution in [1.29, 1.82) is 0 Å². The highest BCUT2D eigenvalue weighted by Crippen LogP contribution is 2.42. The fourth-order valence-electron chi connectivity index (χ4n) is 2.56. The molecule has 2 fully saturated rings. The molecule has 2 saturated heterocycles. The maximum atomic E-state index is 11.9. The smallest absolute Gasteiger partial charge is 0.354 e. The van der Waals surface area contributed by atoms with E-state index in [1.54, 1.807) is 13.8 Å². The summed E-state index contributed by atoms with van der Waals surface area (Å²) in [5.74, 6) is -0.910. The number of hydrogen-bond donors (Lipinski definition) is 2. The van der Waals surface area contributed by atoms with Gasteiger partial charge in [-0.05, 0) is 13.8 Å². The Morgan fingerprint density at radius 2 is 2.15 bits per heavy atom. The number of aliphatic hydroxyl groups is 1. The van der Waals surface area contributed by atoms with Crippen LogP contribution in [0.4, 0.5) is 5.95 Å². The summed E-state index contributed by atoms with van der Waals surface area (Å²) in [6.07, 6.45) is -1.05. The van der Waals surface area contributed by atoms with Gasteiger partial charge in [0.2, 0.25) is 5.95 Å². The molecule has 0 aromatic carbocycles. The Bertz CT molecular complexity index is 574. The zero-order valence-corrected chi connectivity index (χ0v) is 11.1. The summed E-state index contributed by atoms with van der Waals surface area (Å²) in [5, 5.41) is 9.36. The van der Waals surface area contributed by atoms with Crippen LogP contribution >= 0.6 is 0 Å². The van der Waals surface area contributed by atoms with Gasteiger partial charge < -0.3 is 25.1 Å². The molecule has 0 amide bonds. The summed E-state index contributed by atoms with van der Waals surface area (Å²) in [4.78, 5) is 19.2. The molecular weight excluding hydrogens is 268 g/mol. The van der Waals surface area contributed by atoms with E-state index >= 15 is 0 Å². The van der Waals surface area contributed by atoms with E-state index in [4.69, 9.17) is 19.9 Å². The van der Waals surface area contributed by atoms with Gasteiger partial charge in [0.1, 0.15) is 24.6 Å². The minimum Gasteiger partial charge on any atom is -0.394 e. The van der Waals surface area contributed by atoms with E-state index in [2.05, 4.69) is 9.97 Å². The van der Waals surface area contributed by atoms with Crippen molar-refractivity contribution in [3.05, 3.63) is 16.8 Å². The van der Waals surface area contributed by atoms with Crippen molar-refractivity contribution in [3.63, 3.8) is 0 Å². The fraction of sp³-hybridized carbons (Fsp3) is 0.727.